The topological polar surface area (TPSA) is 62.2 Å². The average molecular weight is 462 g/mol. The number of carbonyl (C=O) groups excluding carboxylic acids is 2. The second kappa shape index (κ2) is 10.5. The zero-order valence-electron chi connectivity index (χ0n) is 20.7. The molecule has 1 amide bonds. The second-order valence-electron chi connectivity index (χ2n) is 9.41. The Morgan fingerprint density at radius 2 is 1.85 bits per heavy atom. The number of likely N-dealkylation sites (tertiary alicyclic amines) is 1. The van der Waals surface area contributed by atoms with Crippen molar-refractivity contribution >= 4 is 17.6 Å². The SMILES string of the molecule is CCOC(=O)C1CCCCN1CC(=O)N1N=C(c2cc(C)ccc2C)CC1c1ccccc1C. The summed E-state index contributed by atoms with van der Waals surface area (Å²) in [6.45, 7) is 9.28. The number of aryl methyl sites for hydroxylation is 3. The molecular formula is C28H35N3O3. The van der Waals surface area contributed by atoms with Crippen LogP contribution in [0.5, 0.6) is 0 Å². The fourth-order valence-electron chi connectivity index (χ4n) is 5.08. The number of nitrogens with zero attached hydrogens (tertiary/aromatic N) is 3. The first-order valence-electron chi connectivity index (χ1n) is 12.3. The number of hydrogen-bond donors (Lipinski definition) is 0. The van der Waals surface area contributed by atoms with Crippen LogP contribution in [-0.4, -0.2) is 53.2 Å². The zero-order chi connectivity index (χ0) is 24.2. The minimum absolute atomic E-state index is 0.0789. The lowest BCUT2D eigenvalue weighted by molar-refractivity contribution is -0.152. The third-order valence-corrected chi connectivity index (χ3v) is 6.93. The number of ether oxygens (including phenoxy) is 1. The van der Waals surface area contributed by atoms with Gasteiger partial charge in [0.05, 0.1) is 24.9 Å². The van der Waals surface area contributed by atoms with Crippen molar-refractivity contribution in [2.45, 2.75) is 65.5 Å². The third-order valence-electron chi connectivity index (χ3n) is 6.93. The summed E-state index contributed by atoms with van der Waals surface area (Å²) in [5, 5.41) is 6.55. The number of esters is 1. The molecule has 0 spiro atoms. The van der Waals surface area contributed by atoms with E-state index in [0.717, 1.165) is 47.2 Å². The molecule has 2 aliphatic rings. The standard InChI is InChI=1S/C28H35N3O3/c1-5-34-28(33)25-12-8-9-15-30(25)18-27(32)31-26(22-11-7-6-10-20(22)3)17-24(29-31)23-16-19(2)13-14-21(23)4/h6-7,10-11,13-14,16,25-26H,5,8-9,12,15,17-18H2,1-4H3. The number of benzene rings is 2. The maximum atomic E-state index is 13.7. The fraction of sp³-hybridized carbons (Fsp3) is 0.464. The molecule has 0 aliphatic carbocycles. The van der Waals surface area contributed by atoms with E-state index < -0.39 is 0 Å². The predicted octanol–water partition coefficient (Wildman–Crippen LogP) is 4.71. The van der Waals surface area contributed by atoms with Crippen LogP contribution in [0.2, 0.25) is 0 Å². The van der Waals surface area contributed by atoms with Gasteiger partial charge in [0.2, 0.25) is 0 Å². The molecule has 0 N–H and O–H groups in total. The number of amides is 1. The number of carbonyl (C=O) groups is 2. The highest BCUT2D eigenvalue weighted by Crippen LogP contribution is 2.35. The number of piperidine rings is 1. The molecule has 2 unspecified atom stereocenters. The van der Waals surface area contributed by atoms with E-state index in [1.165, 1.54) is 5.56 Å². The number of hydrogen-bond acceptors (Lipinski definition) is 5. The molecule has 4 rings (SSSR count). The van der Waals surface area contributed by atoms with Gasteiger partial charge < -0.3 is 4.74 Å². The van der Waals surface area contributed by atoms with Gasteiger partial charge in [0.25, 0.3) is 5.91 Å². The summed E-state index contributed by atoms with van der Waals surface area (Å²) in [4.78, 5) is 28.2. The molecular weight excluding hydrogens is 426 g/mol. The molecule has 2 heterocycles. The Hall–Kier alpha value is -2.99. The molecule has 1 saturated heterocycles. The van der Waals surface area contributed by atoms with E-state index in [1.54, 1.807) is 5.01 Å². The normalized spacial score (nSPS) is 20.8. The minimum atomic E-state index is -0.361. The van der Waals surface area contributed by atoms with Crippen molar-refractivity contribution in [2.24, 2.45) is 5.10 Å². The summed E-state index contributed by atoms with van der Waals surface area (Å²) >= 11 is 0. The highest BCUT2D eigenvalue weighted by atomic mass is 16.5. The van der Waals surface area contributed by atoms with Crippen LogP contribution in [0.25, 0.3) is 0 Å². The first kappa shape index (κ1) is 24.1. The summed E-state index contributed by atoms with van der Waals surface area (Å²) in [5.41, 5.74) is 6.61. The maximum Gasteiger partial charge on any atom is 0.323 e. The molecule has 0 bridgehead atoms. The van der Waals surface area contributed by atoms with Crippen LogP contribution < -0.4 is 0 Å². The quantitative estimate of drug-likeness (QED) is 0.585. The van der Waals surface area contributed by atoms with Gasteiger partial charge in [-0.25, -0.2) is 5.01 Å². The Morgan fingerprint density at radius 3 is 2.62 bits per heavy atom. The smallest absolute Gasteiger partial charge is 0.323 e. The van der Waals surface area contributed by atoms with Crippen LogP contribution in [0.3, 0.4) is 0 Å². The van der Waals surface area contributed by atoms with Crippen molar-refractivity contribution in [3.63, 3.8) is 0 Å². The van der Waals surface area contributed by atoms with Crippen molar-refractivity contribution in [1.82, 2.24) is 9.91 Å². The van der Waals surface area contributed by atoms with Gasteiger partial charge in [-0.1, -0.05) is 48.4 Å². The molecule has 2 aromatic rings. The monoisotopic (exact) mass is 461 g/mol. The van der Waals surface area contributed by atoms with Gasteiger partial charge in [-0.2, -0.15) is 5.10 Å². The van der Waals surface area contributed by atoms with Crippen molar-refractivity contribution in [3.05, 3.63) is 70.3 Å². The van der Waals surface area contributed by atoms with Crippen molar-refractivity contribution < 1.29 is 14.3 Å². The van der Waals surface area contributed by atoms with Crippen LogP contribution in [0.4, 0.5) is 0 Å². The Kier molecular flexibility index (Phi) is 7.47. The fourth-order valence-corrected chi connectivity index (χ4v) is 5.08. The highest BCUT2D eigenvalue weighted by Gasteiger charge is 2.37. The maximum absolute atomic E-state index is 13.7. The van der Waals surface area contributed by atoms with Crippen molar-refractivity contribution in [2.75, 3.05) is 19.7 Å². The van der Waals surface area contributed by atoms with Crippen molar-refractivity contribution in [3.8, 4) is 0 Å². The Balaban J connectivity index is 1.64. The van der Waals surface area contributed by atoms with E-state index in [4.69, 9.17) is 9.84 Å². The van der Waals surface area contributed by atoms with E-state index in [1.807, 2.05) is 24.0 Å². The predicted molar refractivity (Wildman–Crippen MR) is 134 cm³/mol. The average Bonchev–Trinajstić information content (AvgIpc) is 3.26. The lowest BCUT2D eigenvalue weighted by atomic mass is 9.93. The minimum Gasteiger partial charge on any atom is -0.465 e. The van der Waals surface area contributed by atoms with E-state index in [2.05, 4.69) is 51.1 Å². The molecule has 2 atom stereocenters. The summed E-state index contributed by atoms with van der Waals surface area (Å²) in [7, 11) is 0. The molecule has 6 heteroatoms. The van der Waals surface area contributed by atoms with E-state index >= 15 is 0 Å². The molecule has 2 aliphatic heterocycles. The highest BCUT2D eigenvalue weighted by molar-refractivity contribution is 6.04. The zero-order valence-corrected chi connectivity index (χ0v) is 20.7. The van der Waals surface area contributed by atoms with E-state index in [9.17, 15) is 9.59 Å². The molecule has 0 saturated carbocycles. The van der Waals surface area contributed by atoms with Gasteiger partial charge in [-0.3, -0.25) is 14.5 Å². The Labute approximate surface area is 202 Å². The number of rotatable bonds is 6. The second-order valence-corrected chi connectivity index (χ2v) is 9.41. The first-order valence-corrected chi connectivity index (χ1v) is 12.3. The van der Waals surface area contributed by atoms with Crippen LogP contribution in [0.15, 0.2) is 47.6 Å². The van der Waals surface area contributed by atoms with Gasteiger partial charge >= 0.3 is 5.97 Å². The van der Waals surface area contributed by atoms with Crippen LogP contribution >= 0.6 is 0 Å². The van der Waals surface area contributed by atoms with Crippen LogP contribution in [0.1, 0.15) is 66.5 Å². The Bertz CT molecular complexity index is 1090. The molecule has 6 nitrogen and oxygen atoms in total. The van der Waals surface area contributed by atoms with Gasteiger partial charge in [-0.05, 0) is 69.8 Å². The van der Waals surface area contributed by atoms with Crippen LogP contribution in [0, 0.1) is 20.8 Å². The molecule has 0 radical (unpaired) electrons. The molecule has 180 valence electrons. The third kappa shape index (κ3) is 5.07. The van der Waals surface area contributed by atoms with Gasteiger partial charge in [0, 0.05) is 12.0 Å². The molecule has 2 aromatic carbocycles. The molecule has 1 fully saturated rings. The van der Waals surface area contributed by atoms with Crippen molar-refractivity contribution in [1.29, 1.82) is 0 Å². The summed E-state index contributed by atoms with van der Waals surface area (Å²) in [5.74, 6) is -0.309. The summed E-state index contributed by atoms with van der Waals surface area (Å²) < 4.78 is 5.29. The number of hydrazone groups is 1. The van der Waals surface area contributed by atoms with Gasteiger partial charge in [-0.15, -0.1) is 0 Å². The largest absolute Gasteiger partial charge is 0.465 e. The molecule has 34 heavy (non-hydrogen) atoms. The van der Waals surface area contributed by atoms with Gasteiger partial charge in [0.1, 0.15) is 6.04 Å². The lowest BCUT2D eigenvalue weighted by Crippen LogP contribution is -2.49. The van der Waals surface area contributed by atoms with E-state index in [-0.39, 0.29) is 30.5 Å². The van der Waals surface area contributed by atoms with Gasteiger partial charge in [0.15, 0.2) is 0 Å². The van der Waals surface area contributed by atoms with Crippen LogP contribution in [-0.2, 0) is 14.3 Å². The Morgan fingerprint density at radius 1 is 1.06 bits per heavy atom. The summed E-state index contributed by atoms with van der Waals surface area (Å²) in [6.07, 6.45) is 3.34. The van der Waals surface area contributed by atoms with E-state index in [0.29, 0.717) is 19.6 Å². The first-order chi connectivity index (χ1) is 16.4. The lowest BCUT2D eigenvalue weighted by Gasteiger charge is -2.34. The summed E-state index contributed by atoms with van der Waals surface area (Å²) in [6, 6.07) is 14.0. The molecule has 0 aromatic heterocycles.